The van der Waals surface area contributed by atoms with E-state index >= 15 is 0 Å². The molecule has 0 radical (unpaired) electrons. The number of carbonyl (C=O) groups is 2. The topological polar surface area (TPSA) is 49.4 Å². The zero-order valence-electron chi connectivity index (χ0n) is 19.1. The number of anilines is 1. The number of thioether (sulfide) groups is 1. The van der Waals surface area contributed by atoms with Gasteiger partial charge in [0.2, 0.25) is 5.91 Å². The molecule has 3 unspecified atom stereocenters. The zero-order valence-corrected chi connectivity index (χ0v) is 20.0. The Balaban J connectivity index is 1.55. The van der Waals surface area contributed by atoms with Crippen molar-refractivity contribution < 1.29 is 9.59 Å². The predicted octanol–water partition coefficient (Wildman–Crippen LogP) is 5.67. The van der Waals surface area contributed by atoms with E-state index in [4.69, 9.17) is 0 Å². The minimum absolute atomic E-state index is 0.0418. The maximum absolute atomic E-state index is 13.4. The summed E-state index contributed by atoms with van der Waals surface area (Å²) in [7, 11) is 0. The van der Waals surface area contributed by atoms with E-state index in [1.807, 2.05) is 42.5 Å². The van der Waals surface area contributed by atoms with E-state index in [1.165, 1.54) is 23.7 Å². The highest BCUT2D eigenvalue weighted by molar-refractivity contribution is 8.04. The van der Waals surface area contributed by atoms with Crippen LogP contribution in [0.4, 0.5) is 5.69 Å². The van der Waals surface area contributed by atoms with E-state index in [-0.39, 0.29) is 24.4 Å². The summed E-state index contributed by atoms with van der Waals surface area (Å²) in [5.41, 5.74) is 3.07. The van der Waals surface area contributed by atoms with Crippen LogP contribution in [0.25, 0.3) is 6.08 Å². The van der Waals surface area contributed by atoms with Crippen LogP contribution in [0.15, 0.2) is 58.3 Å². The predicted molar refractivity (Wildman–Crippen MR) is 133 cm³/mol. The van der Waals surface area contributed by atoms with Crippen LogP contribution in [0, 0.1) is 11.8 Å². The van der Waals surface area contributed by atoms with Gasteiger partial charge in [-0.25, -0.2) is 0 Å². The second-order valence-corrected chi connectivity index (χ2v) is 10.1. The number of carbonyl (C=O) groups excluding carboxylic acids is 2. The molecule has 0 bridgehead atoms. The molecule has 4 nitrogen and oxygen atoms in total. The number of aryl methyl sites for hydroxylation is 1. The molecule has 1 aliphatic carbocycles. The summed E-state index contributed by atoms with van der Waals surface area (Å²) in [6.07, 6.45) is 6.28. The Morgan fingerprint density at radius 3 is 2.62 bits per heavy atom. The van der Waals surface area contributed by atoms with Crippen LogP contribution in [0.3, 0.4) is 0 Å². The Labute approximate surface area is 195 Å². The van der Waals surface area contributed by atoms with Crippen molar-refractivity contribution in [3.05, 3.63) is 64.6 Å². The maximum Gasteiger partial charge on any atom is 0.265 e. The summed E-state index contributed by atoms with van der Waals surface area (Å²) in [5, 5.41) is 3.22. The van der Waals surface area contributed by atoms with Gasteiger partial charge in [0.05, 0.1) is 10.6 Å². The first-order valence-corrected chi connectivity index (χ1v) is 12.5. The third kappa shape index (κ3) is 4.93. The van der Waals surface area contributed by atoms with Crippen LogP contribution < -0.4 is 10.2 Å². The molecule has 1 fully saturated rings. The molecular weight excluding hydrogens is 416 g/mol. The van der Waals surface area contributed by atoms with E-state index in [0.29, 0.717) is 16.7 Å². The first-order chi connectivity index (χ1) is 15.5. The van der Waals surface area contributed by atoms with Crippen LogP contribution in [-0.4, -0.2) is 24.4 Å². The minimum Gasteiger partial charge on any atom is -0.352 e. The summed E-state index contributed by atoms with van der Waals surface area (Å²) < 4.78 is 0. The lowest BCUT2D eigenvalue weighted by atomic mass is 9.78. The molecule has 32 heavy (non-hydrogen) atoms. The summed E-state index contributed by atoms with van der Waals surface area (Å²) in [6.45, 7) is 6.65. The van der Waals surface area contributed by atoms with Crippen molar-refractivity contribution in [3.63, 3.8) is 0 Å². The Morgan fingerprint density at radius 2 is 1.88 bits per heavy atom. The first-order valence-electron chi connectivity index (χ1n) is 11.6. The fourth-order valence-electron chi connectivity index (χ4n) is 4.60. The van der Waals surface area contributed by atoms with Gasteiger partial charge in [0.25, 0.3) is 5.91 Å². The highest BCUT2D eigenvalue weighted by Gasteiger charge is 2.32. The Hall–Kier alpha value is -2.53. The molecule has 0 aromatic heterocycles. The largest absolute Gasteiger partial charge is 0.352 e. The van der Waals surface area contributed by atoms with Crippen molar-refractivity contribution >= 4 is 35.3 Å². The van der Waals surface area contributed by atoms with Gasteiger partial charge in [0, 0.05) is 10.9 Å². The number of fused-ring (bicyclic) bond motifs is 1. The van der Waals surface area contributed by atoms with Crippen LogP contribution in [0.1, 0.15) is 51.2 Å². The lowest BCUT2D eigenvalue weighted by molar-refractivity contribution is -0.123. The van der Waals surface area contributed by atoms with Crippen molar-refractivity contribution in [1.29, 1.82) is 0 Å². The van der Waals surface area contributed by atoms with E-state index in [0.717, 1.165) is 35.4 Å². The average molecular weight is 449 g/mol. The quantitative estimate of drug-likeness (QED) is 0.600. The molecule has 1 aliphatic heterocycles. The second kappa shape index (κ2) is 9.95. The minimum atomic E-state index is -0.117. The first kappa shape index (κ1) is 22.7. The van der Waals surface area contributed by atoms with Gasteiger partial charge in [-0.15, -0.1) is 0 Å². The van der Waals surface area contributed by atoms with Crippen molar-refractivity contribution in [1.82, 2.24) is 5.32 Å². The number of hydrogen-bond acceptors (Lipinski definition) is 3. The highest BCUT2D eigenvalue weighted by atomic mass is 32.2. The molecule has 2 aromatic carbocycles. The number of hydrogen-bond donors (Lipinski definition) is 1. The van der Waals surface area contributed by atoms with Gasteiger partial charge >= 0.3 is 0 Å². The lowest BCUT2D eigenvalue weighted by Crippen LogP contribution is -2.49. The SMILES string of the molecule is CCc1ccc(C=C2Sc3ccccc3N(CC(=O)NC3CCCC(C)C3C)C2=O)cc1. The molecule has 1 N–H and O–H groups in total. The molecule has 0 spiro atoms. The molecule has 3 atom stereocenters. The van der Waals surface area contributed by atoms with Crippen molar-refractivity contribution in [2.75, 3.05) is 11.4 Å². The Morgan fingerprint density at radius 1 is 1.12 bits per heavy atom. The molecule has 1 saturated carbocycles. The number of nitrogens with zero attached hydrogens (tertiary/aromatic N) is 1. The number of amides is 2. The molecule has 4 rings (SSSR count). The summed E-state index contributed by atoms with van der Waals surface area (Å²) >= 11 is 1.48. The average Bonchev–Trinajstić information content (AvgIpc) is 2.80. The Bertz CT molecular complexity index is 1010. The molecule has 168 valence electrons. The molecule has 5 heteroatoms. The fourth-order valence-corrected chi connectivity index (χ4v) is 5.66. The molecular formula is C27H32N2O2S. The van der Waals surface area contributed by atoms with Crippen LogP contribution in [0.2, 0.25) is 0 Å². The molecule has 2 aromatic rings. The van der Waals surface area contributed by atoms with Gasteiger partial charge in [-0.3, -0.25) is 14.5 Å². The van der Waals surface area contributed by atoms with Gasteiger partial charge in [0.1, 0.15) is 6.54 Å². The van der Waals surface area contributed by atoms with Gasteiger partial charge in [-0.1, -0.05) is 81.8 Å². The van der Waals surface area contributed by atoms with Gasteiger partial charge in [-0.05, 0) is 54.0 Å². The number of nitrogens with one attached hydrogen (secondary N) is 1. The van der Waals surface area contributed by atoms with E-state index in [9.17, 15) is 9.59 Å². The third-order valence-electron chi connectivity index (χ3n) is 6.87. The molecule has 2 aliphatic rings. The van der Waals surface area contributed by atoms with Crippen molar-refractivity contribution in [3.8, 4) is 0 Å². The third-order valence-corrected chi connectivity index (χ3v) is 7.95. The number of para-hydroxylation sites is 1. The normalized spacial score (nSPS) is 24.3. The monoisotopic (exact) mass is 448 g/mol. The van der Waals surface area contributed by atoms with Crippen molar-refractivity contribution in [2.45, 2.75) is 57.4 Å². The van der Waals surface area contributed by atoms with Crippen LogP contribution >= 0.6 is 11.8 Å². The summed E-state index contributed by atoms with van der Waals surface area (Å²) in [4.78, 5) is 29.7. The lowest BCUT2D eigenvalue weighted by Gasteiger charge is -2.35. The standard InChI is InChI=1S/C27H32N2O2S/c1-4-20-12-14-21(15-13-20)16-25-27(31)29(23-10-5-6-11-24(23)32-25)17-26(30)28-22-9-7-8-18(2)19(22)3/h5-6,10-16,18-19,22H,4,7-9,17H2,1-3H3,(H,28,30). The smallest absolute Gasteiger partial charge is 0.265 e. The van der Waals surface area contributed by atoms with Gasteiger partial charge in [0.15, 0.2) is 0 Å². The highest BCUT2D eigenvalue weighted by Crippen LogP contribution is 2.42. The zero-order chi connectivity index (χ0) is 22.7. The van der Waals surface area contributed by atoms with Gasteiger partial charge < -0.3 is 5.32 Å². The van der Waals surface area contributed by atoms with Crippen LogP contribution in [0.5, 0.6) is 0 Å². The summed E-state index contributed by atoms with van der Waals surface area (Å²) in [5.74, 6) is 0.858. The van der Waals surface area contributed by atoms with Crippen LogP contribution in [-0.2, 0) is 16.0 Å². The summed E-state index contributed by atoms with van der Waals surface area (Å²) in [6, 6.07) is 16.3. The number of rotatable bonds is 5. The second-order valence-electron chi connectivity index (χ2n) is 9.01. The van der Waals surface area contributed by atoms with Crippen molar-refractivity contribution in [2.24, 2.45) is 11.8 Å². The fraction of sp³-hybridized carbons (Fsp3) is 0.407. The Kier molecular flexibility index (Phi) is 7.04. The van der Waals surface area contributed by atoms with E-state index in [2.05, 4.69) is 38.2 Å². The van der Waals surface area contributed by atoms with E-state index in [1.54, 1.807) is 4.90 Å². The molecule has 1 heterocycles. The van der Waals surface area contributed by atoms with Gasteiger partial charge in [-0.2, -0.15) is 0 Å². The van der Waals surface area contributed by atoms with E-state index < -0.39 is 0 Å². The number of benzene rings is 2. The molecule has 2 amide bonds. The maximum atomic E-state index is 13.4. The molecule has 0 saturated heterocycles.